The van der Waals surface area contributed by atoms with Gasteiger partial charge in [-0.05, 0) is 18.5 Å². The number of aromatic nitrogens is 2. The van der Waals surface area contributed by atoms with E-state index in [4.69, 9.17) is 10.9 Å². The fourth-order valence-electron chi connectivity index (χ4n) is 1.54. The van der Waals surface area contributed by atoms with Gasteiger partial charge < -0.3 is 16.3 Å². The molecule has 0 radical (unpaired) electrons. The van der Waals surface area contributed by atoms with Crippen LogP contribution in [0.15, 0.2) is 17.5 Å². The molecular weight excluding hydrogens is 263 g/mol. The molecule has 0 saturated carbocycles. The van der Waals surface area contributed by atoms with Crippen molar-refractivity contribution in [1.82, 2.24) is 15.1 Å². The summed E-state index contributed by atoms with van der Waals surface area (Å²) in [5.41, 5.74) is 5.95. The van der Waals surface area contributed by atoms with E-state index in [1.54, 1.807) is 24.1 Å². The summed E-state index contributed by atoms with van der Waals surface area (Å²) in [6.45, 7) is -0.0867. The Morgan fingerprint density at radius 1 is 1.63 bits per heavy atom. The summed E-state index contributed by atoms with van der Waals surface area (Å²) in [5.74, 6) is -2.84. The number of halogens is 3. The molecule has 19 heavy (non-hydrogen) atoms. The predicted molar refractivity (Wildman–Crippen MR) is 62.7 cm³/mol. The lowest BCUT2D eigenvalue weighted by atomic mass is 10.1. The number of nitrogens with one attached hydrogen (secondary N) is 1. The minimum atomic E-state index is -4.54. The minimum absolute atomic E-state index is 0.344. The number of amidine groups is 1. The van der Waals surface area contributed by atoms with Crippen LogP contribution in [-0.4, -0.2) is 40.1 Å². The molecule has 9 heteroatoms. The Bertz CT molecular complexity index is 429. The van der Waals surface area contributed by atoms with Gasteiger partial charge in [0.05, 0.1) is 6.20 Å². The third kappa shape index (κ3) is 4.78. The molecule has 0 amide bonds. The molecule has 0 fully saturated rings. The van der Waals surface area contributed by atoms with E-state index in [0.717, 1.165) is 5.56 Å². The van der Waals surface area contributed by atoms with Crippen molar-refractivity contribution < 1.29 is 18.4 Å². The highest BCUT2D eigenvalue weighted by Crippen LogP contribution is 2.25. The largest absolute Gasteiger partial charge is 0.409 e. The summed E-state index contributed by atoms with van der Waals surface area (Å²) >= 11 is 0. The highest BCUT2D eigenvalue weighted by Gasteiger charge is 2.42. The van der Waals surface area contributed by atoms with E-state index in [-0.39, 0.29) is 0 Å². The van der Waals surface area contributed by atoms with Gasteiger partial charge in [-0.15, -0.1) is 0 Å². The SMILES string of the molecule is Cn1cc(CCNCC(/C(N)=N/O)C(F)(F)F)cn1. The van der Waals surface area contributed by atoms with E-state index in [9.17, 15) is 13.2 Å². The van der Waals surface area contributed by atoms with Crippen molar-refractivity contribution >= 4 is 5.84 Å². The maximum atomic E-state index is 12.6. The molecule has 0 aliphatic carbocycles. The van der Waals surface area contributed by atoms with E-state index in [0.29, 0.717) is 13.0 Å². The molecule has 108 valence electrons. The molecule has 0 saturated heterocycles. The Morgan fingerprint density at radius 3 is 2.79 bits per heavy atom. The standard InChI is InChI=1S/C10H16F3N5O/c1-18-6-7(4-16-18)2-3-15-5-8(9(14)17-19)10(11,12)13/h4,6,8,15,19H,2-3,5H2,1H3,(H2,14,17). The van der Waals surface area contributed by atoms with Crippen LogP contribution < -0.4 is 11.1 Å². The summed E-state index contributed by atoms with van der Waals surface area (Å²) in [5, 5.41) is 17.3. The molecule has 6 nitrogen and oxygen atoms in total. The molecule has 0 aliphatic rings. The average molecular weight is 279 g/mol. The Labute approximate surface area is 108 Å². The van der Waals surface area contributed by atoms with Crippen LogP contribution >= 0.6 is 0 Å². The molecule has 1 atom stereocenters. The van der Waals surface area contributed by atoms with Crippen molar-refractivity contribution in [3.63, 3.8) is 0 Å². The maximum absolute atomic E-state index is 12.6. The number of aryl methyl sites for hydroxylation is 1. The molecular formula is C10H16F3N5O. The number of oxime groups is 1. The van der Waals surface area contributed by atoms with Crippen LogP contribution in [0.3, 0.4) is 0 Å². The summed E-state index contributed by atoms with van der Waals surface area (Å²) < 4.78 is 39.4. The summed E-state index contributed by atoms with van der Waals surface area (Å²) in [4.78, 5) is 0. The fourth-order valence-corrected chi connectivity index (χ4v) is 1.54. The van der Waals surface area contributed by atoms with E-state index < -0.39 is 24.5 Å². The topological polar surface area (TPSA) is 88.5 Å². The van der Waals surface area contributed by atoms with Gasteiger partial charge in [0.15, 0.2) is 5.84 Å². The Morgan fingerprint density at radius 2 is 2.32 bits per heavy atom. The number of hydrogen-bond donors (Lipinski definition) is 3. The van der Waals surface area contributed by atoms with Gasteiger partial charge in [0.1, 0.15) is 5.92 Å². The van der Waals surface area contributed by atoms with E-state index in [1.807, 2.05) is 0 Å². The van der Waals surface area contributed by atoms with Crippen molar-refractivity contribution in [2.75, 3.05) is 13.1 Å². The molecule has 0 aliphatic heterocycles. The highest BCUT2D eigenvalue weighted by atomic mass is 19.4. The minimum Gasteiger partial charge on any atom is -0.409 e. The monoisotopic (exact) mass is 279 g/mol. The van der Waals surface area contributed by atoms with Gasteiger partial charge in [0.25, 0.3) is 0 Å². The predicted octanol–water partition coefficient (Wildman–Crippen LogP) is 0.477. The van der Waals surface area contributed by atoms with Crippen molar-refractivity contribution in [3.05, 3.63) is 18.0 Å². The van der Waals surface area contributed by atoms with Crippen LogP contribution in [0.2, 0.25) is 0 Å². The van der Waals surface area contributed by atoms with Gasteiger partial charge in [-0.3, -0.25) is 4.68 Å². The number of rotatable bonds is 6. The lowest BCUT2D eigenvalue weighted by Gasteiger charge is -2.19. The van der Waals surface area contributed by atoms with E-state index in [2.05, 4.69) is 15.6 Å². The van der Waals surface area contributed by atoms with Gasteiger partial charge >= 0.3 is 6.18 Å². The molecule has 1 rings (SSSR count). The first-order valence-electron chi connectivity index (χ1n) is 5.57. The van der Waals surface area contributed by atoms with Crippen LogP contribution in [0.4, 0.5) is 13.2 Å². The van der Waals surface area contributed by atoms with Crippen LogP contribution in [0.5, 0.6) is 0 Å². The van der Waals surface area contributed by atoms with Crippen molar-refractivity contribution in [1.29, 1.82) is 0 Å². The second kappa shape index (κ2) is 6.41. The van der Waals surface area contributed by atoms with Crippen molar-refractivity contribution in [3.8, 4) is 0 Å². The van der Waals surface area contributed by atoms with Crippen molar-refractivity contribution in [2.24, 2.45) is 23.9 Å². The normalized spacial score (nSPS) is 14.6. The molecule has 0 aromatic carbocycles. The van der Waals surface area contributed by atoms with Gasteiger partial charge in [0, 0.05) is 19.8 Å². The van der Waals surface area contributed by atoms with E-state index >= 15 is 0 Å². The van der Waals surface area contributed by atoms with Gasteiger partial charge in [-0.2, -0.15) is 18.3 Å². The Balaban J connectivity index is 2.41. The first-order chi connectivity index (χ1) is 8.84. The first-order valence-corrected chi connectivity index (χ1v) is 5.57. The second-order valence-corrected chi connectivity index (χ2v) is 4.10. The van der Waals surface area contributed by atoms with Crippen LogP contribution in [0, 0.1) is 5.92 Å². The smallest absolute Gasteiger partial charge is 0.400 e. The number of alkyl halides is 3. The molecule has 1 heterocycles. The number of nitrogens with two attached hydrogens (primary N) is 1. The van der Waals surface area contributed by atoms with Crippen LogP contribution in [-0.2, 0) is 13.5 Å². The van der Waals surface area contributed by atoms with Crippen LogP contribution in [0.25, 0.3) is 0 Å². The zero-order valence-corrected chi connectivity index (χ0v) is 10.4. The lowest BCUT2D eigenvalue weighted by Crippen LogP contribution is -2.43. The summed E-state index contributed by atoms with van der Waals surface area (Å²) in [7, 11) is 1.76. The summed E-state index contributed by atoms with van der Waals surface area (Å²) in [6, 6.07) is 0. The first kappa shape index (κ1) is 15.3. The fraction of sp³-hybridized carbons (Fsp3) is 0.600. The molecule has 0 bridgehead atoms. The average Bonchev–Trinajstić information content (AvgIpc) is 2.72. The molecule has 1 aromatic rings. The zero-order valence-electron chi connectivity index (χ0n) is 10.4. The van der Waals surface area contributed by atoms with Crippen LogP contribution in [0.1, 0.15) is 5.56 Å². The number of hydrogen-bond acceptors (Lipinski definition) is 4. The van der Waals surface area contributed by atoms with Crippen molar-refractivity contribution in [2.45, 2.75) is 12.6 Å². The molecule has 4 N–H and O–H groups in total. The molecule has 1 unspecified atom stereocenters. The van der Waals surface area contributed by atoms with Gasteiger partial charge in [-0.25, -0.2) is 0 Å². The van der Waals surface area contributed by atoms with E-state index in [1.165, 1.54) is 0 Å². The van der Waals surface area contributed by atoms with Gasteiger partial charge in [0.2, 0.25) is 0 Å². The van der Waals surface area contributed by atoms with Gasteiger partial charge in [-0.1, -0.05) is 5.16 Å². The summed E-state index contributed by atoms with van der Waals surface area (Å²) in [6.07, 6.45) is -0.564. The molecule has 1 aromatic heterocycles. The zero-order chi connectivity index (χ0) is 14.5. The Kier molecular flexibility index (Phi) is 5.16. The quantitative estimate of drug-likeness (QED) is 0.232. The Hall–Kier alpha value is -1.77. The maximum Gasteiger partial charge on any atom is 0.400 e. The second-order valence-electron chi connectivity index (χ2n) is 4.10. The molecule has 0 spiro atoms. The number of nitrogens with zero attached hydrogens (tertiary/aromatic N) is 3. The highest BCUT2D eigenvalue weighted by molar-refractivity contribution is 5.83. The third-order valence-corrected chi connectivity index (χ3v) is 2.56. The third-order valence-electron chi connectivity index (χ3n) is 2.56. The lowest BCUT2D eigenvalue weighted by molar-refractivity contribution is -0.154.